The normalized spacial score (nSPS) is 11.6. The van der Waals surface area contributed by atoms with Crippen molar-refractivity contribution in [2.45, 2.75) is 19.4 Å². The Morgan fingerprint density at radius 3 is 2.56 bits per heavy atom. The lowest BCUT2D eigenvalue weighted by Crippen LogP contribution is -2.49. The van der Waals surface area contributed by atoms with Crippen molar-refractivity contribution < 1.29 is 19.4 Å². The molecule has 0 aliphatic rings. The lowest BCUT2D eigenvalue weighted by Gasteiger charge is -2.15. The first kappa shape index (κ1) is 14.0. The molecule has 3 N–H and O–H groups in total. The second kappa shape index (κ2) is 7.29. The van der Waals surface area contributed by atoms with Gasteiger partial charge in [-0.15, -0.1) is 0 Å². The monoisotopic (exact) mass is 252 g/mol. The van der Waals surface area contributed by atoms with Gasteiger partial charge in [-0.25, -0.2) is 10.2 Å². The summed E-state index contributed by atoms with van der Waals surface area (Å²) >= 11 is 0. The van der Waals surface area contributed by atoms with E-state index in [0.717, 1.165) is 5.56 Å². The Balaban J connectivity index is 2.51. The average molecular weight is 252 g/mol. The molecule has 1 atom stereocenters. The van der Waals surface area contributed by atoms with Crippen LogP contribution in [0.3, 0.4) is 0 Å². The SMILES string of the molecule is CCOC(=O)NNC(Cc1ccccc1)C(=O)O. The summed E-state index contributed by atoms with van der Waals surface area (Å²) in [6.07, 6.45) is -0.431. The predicted molar refractivity (Wildman–Crippen MR) is 64.9 cm³/mol. The van der Waals surface area contributed by atoms with E-state index in [9.17, 15) is 9.59 Å². The minimum atomic E-state index is -1.05. The molecular formula is C12H16N2O4. The van der Waals surface area contributed by atoms with Crippen molar-refractivity contribution >= 4 is 12.1 Å². The van der Waals surface area contributed by atoms with E-state index in [4.69, 9.17) is 5.11 Å². The highest BCUT2D eigenvalue weighted by molar-refractivity contribution is 5.75. The highest BCUT2D eigenvalue weighted by Crippen LogP contribution is 2.02. The fourth-order valence-electron chi connectivity index (χ4n) is 1.36. The third kappa shape index (κ3) is 4.84. The predicted octanol–water partition coefficient (Wildman–Crippen LogP) is 0.933. The number of carboxylic acids is 1. The number of ether oxygens (including phenoxy) is 1. The molecular weight excluding hydrogens is 236 g/mol. The second-order valence-corrected chi connectivity index (χ2v) is 3.57. The topological polar surface area (TPSA) is 87.7 Å². The van der Waals surface area contributed by atoms with Crippen molar-refractivity contribution in [3.05, 3.63) is 35.9 Å². The Morgan fingerprint density at radius 1 is 1.33 bits per heavy atom. The summed E-state index contributed by atoms with van der Waals surface area (Å²) in [4.78, 5) is 22.1. The van der Waals surface area contributed by atoms with Gasteiger partial charge in [-0.1, -0.05) is 30.3 Å². The molecule has 1 unspecified atom stereocenters. The Kier molecular flexibility index (Phi) is 5.66. The summed E-state index contributed by atoms with van der Waals surface area (Å²) in [6.45, 7) is 1.89. The third-order valence-corrected chi connectivity index (χ3v) is 2.20. The van der Waals surface area contributed by atoms with Crippen LogP contribution >= 0.6 is 0 Å². The van der Waals surface area contributed by atoms with Crippen LogP contribution in [0.4, 0.5) is 4.79 Å². The number of carbonyl (C=O) groups is 2. The summed E-state index contributed by atoms with van der Waals surface area (Å²) in [5, 5.41) is 9.02. The maximum absolute atomic E-state index is 11.0. The first-order valence-electron chi connectivity index (χ1n) is 5.58. The van der Waals surface area contributed by atoms with Gasteiger partial charge in [-0.3, -0.25) is 10.2 Å². The molecule has 0 fully saturated rings. The maximum Gasteiger partial charge on any atom is 0.421 e. The highest BCUT2D eigenvalue weighted by Gasteiger charge is 2.18. The summed E-state index contributed by atoms with van der Waals surface area (Å²) < 4.78 is 4.62. The van der Waals surface area contributed by atoms with Gasteiger partial charge in [0.25, 0.3) is 0 Å². The number of nitrogens with one attached hydrogen (secondary N) is 2. The van der Waals surface area contributed by atoms with E-state index in [1.165, 1.54) is 0 Å². The third-order valence-electron chi connectivity index (χ3n) is 2.20. The molecule has 0 saturated heterocycles. The van der Waals surface area contributed by atoms with Crippen LogP contribution < -0.4 is 10.9 Å². The molecule has 1 rings (SSSR count). The van der Waals surface area contributed by atoms with Crippen molar-refractivity contribution in [3.63, 3.8) is 0 Å². The molecule has 0 heterocycles. The molecule has 0 aromatic heterocycles. The number of hydrogen-bond acceptors (Lipinski definition) is 4. The van der Waals surface area contributed by atoms with Crippen LogP contribution in [0.15, 0.2) is 30.3 Å². The fourth-order valence-corrected chi connectivity index (χ4v) is 1.36. The standard InChI is InChI=1S/C12H16N2O4/c1-2-18-12(17)14-13-10(11(15)16)8-9-6-4-3-5-7-9/h3-7,10,13H,2,8H2,1H3,(H,14,17)(H,15,16). The number of hydrazine groups is 1. The number of rotatable bonds is 6. The van der Waals surface area contributed by atoms with Gasteiger partial charge in [0.05, 0.1) is 6.61 Å². The minimum Gasteiger partial charge on any atom is -0.480 e. The summed E-state index contributed by atoms with van der Waals surface area (Å²) in [7, 11) is 0. The lowest BCUT2D eigenvalue weighted by molar-refractivity contribution is -0.139. The van der Waals surface area contributed by atoms with Crippen molar-refractivity contribution in [3.8, 4) is 0 Å². The van der Waals surface area contributed by atoms with Crippen LogP contribution in [0, 0.1) is 0 Å². The molecule has 6 heteroatoms. The highest BCUT2D eigenvalue weighted by atomic mass is 16.5. The van der Waals surface area contributed by atoms with E-state index < -0.39 is 18.1 Å². The zero-order valence-corrected chi connectivity index (χ0v) is 10.1. The average Bonchev–Trinajstić information content (AvgIpc) is 2.35. The van der Waals surface area contributed by atoms with Crippen LogP contribution in [-0.2, 0) is 16.0 Å². The lowest BCUT2D eigenvalue weighted by atomic mass is 10.1. The van der Waals surface area contributed by atoms with Gasteiger partial charge >= 0.3 is 12.1 Å². The van der Waals surface area contributed by atoms with Crippen LogP contribution in [-0.4, -0.2) is 29.8 Å². The van der Waals surface area contributed by atoms with Gasteiger partial charge in [0.15, 0.2) is 0 Å². The Bertz CT molecular complexity index is 394. The maximum atomic E-state index is 11.0. The molecule has 1 amide bonds. The van der Waals surface area contributed by atoms with E-state index >= 15 is 0 Å². The molecule has 1 aromatic rings. The molecule has 0 aliphatic carbocycles. The molecule has 98 valence electrons. The molecule has 0 spiro atoms. The summed E-state index contributed by atoms with van der Waals surface area (Å²) in [5.74, 6) is -1.05. The van der Waals surface area contributed by atoms with E-state index in [1.54, 1.807) is 6.92 Å². The second-order valence-electron chi connectivity index (χ2n) is 3.57. The van der Waals surface area contributed by atoms with Crippen molar-refractivity contribution in [2.24, 2.45) is 0 Å². The number of hydrogen-bond donors (Lipinski definition) is 3. The van der Waals surface area contributed by atoms with Crippen LogP contribution in [0.5, 0.6) is 0 Å². The Labute approximate surface area is 105 Å². The molecule has 0 aliphatic heterocycles. The van der Waals surface area contributed by atoms with E-state index in [0.29, 0.717) is 0 Å². The summed E-state index contributed by atoms with van der Waals surface area (Å²) in [5.41, 5.74) is 5.49. The van der Waals surface area contributed by atoms with E-state index in [2.05, 4.69) is 15.6 Å². The zero-order valence-electron chi connectivity index (χ0n) is 10.1. The fraction of sp³-hybridized carbons (Fsp3) is 0.333. The van der Waals surface area contributed by atoms with Gasteiger partial charge in [-0.05, 0) is 12.5 Å². The van der Waals surface area contributed by atoms with Crippen molar-refractivity contribution in [1.82, 2.24) is 10.9 Å². The summed E-state index contributed by atoms with van der Waals surface area (Å²) in [6, 6.07) is 8.24. The van der Waals surface area contributed by atoms with Crippen LogP contribution in [0.2, 0.25) is 0 Å². The van der Waals surface area contributed by atoms with Gasteiger partial charge in [-0.2, -0.15) is 0 Å². The van der Waals surface area contributed by atoms with E-state index in [1.807, 2.05) is 30.3 Å². The first-order valence-corrected chi connectivity index (χ1v) is 5.58. The van der Waals surface area contributed by atoms with E-state index in [-0.39, 0.29) is 13.0 Å². The molecule has 1 aromatic carbocycles. The minimum absolute atomic E-state index is 0.226. The van der Waals surface area contributed by atoms with Gasteiger partial charge in [0.1, 0.15) is 6.04 Å². The van der Waals surface area contributed by atoms with Gasteiger partial charge < -0.3 is 9.84 Å². The number of carbonyl (C=O) groups excluding carboxylic acids is 1. The Hall–Kier alpha value is -2.08. The number of amides is 1. The van der Waals surface area contributed by atoms with Crippen molar-refractivity contribution in [1.29, 1.82) is 0 Å². The zero-order chi connectivity index (χ0) is 13.4. The van der Waals surface area contributed by atoms with Crippen LogP contribution in [0.25, 0.3) is 0 Å². The number of carboxylic acid groups (broad SMARTS) is 1. The molecule has 0 bridgehead atoms. The number of benzene rings is 1. The van der Waals surface area contributed by atoms with Gasteiger partial charge in [0, 0.05) is 6.42 Å². The van der Waals surface area contributed by atoms with Crippen molar-refractivity contribution in [2.75, 3.05) is 6.61 Å². The Morgan fingerprint density at radius 2 is 2.00 bits per heavy atom. The molecule has 18 heavy (non-hydrogen) atoms. The molecule has 0 saturated carbocycles. The first-order chi connectivity index (χ1) is 8.63. The molecule has 0 radical (unpaired) electrons. The van der Waals surface area contributed by atoms with Gasteiger partial charge in [0.2, 0.25) is 0 Å². The smallest absolute Gasteiger partial charge is 0.421 e. The quantitative estimate of drug-likeness (QED) is 0.656. The molecule has 6 nitrogen and oxygen atoms in total. The largest absolute Gasteiger partial charge is 0.480 e. The number of aliphatic carboxylic acids is 1. The van der Waals surface area contributed by atoms with Crippen LogP contribution in [0.1, 0.15) is 12.5 Å².